The lowest BCUT2D eigenvalue weighted by Gasteiger charge is -2.32. The Labute approximate surface area is 203 Å². The number of hydrogen-bond donors (Lipinski definition) is 1. The van der Waals surface area contributed by atoms with Crippen LogP contribution in [0.4, 0.5) is 0 Å². The molecule has 34 heavy (non-hydrogen) atoms. The van der Waals surface area contributed by atoms with Crippen LogP contribution < -0.4 is 5.32 Å². The van der Waals surface area contributed by atoms with E-state index in [1.165, 1.54) is 9.87 Å². The van der Waals surface area contributed by atoms with Crippen molar-refractivity contribution in [2.75, 3.05) is 46.3 Å². The van der Waals surface area contributed by atoms with E-state index in [2.05, 4.69) is 40.4 Å². The van der Waals surface area contributed by atoms with Gasteiger partial charge in [-0.05, 0) is 36.6 Å². The number of piperidine rings is 1. The van der Waals surface area contributed by atoms with E-state index in [-0.39, 0.29) is 17.6 Å². The fourth-order valence-corrected chi connectivity index (χ4v) is 6.27. The Hall–Kier alpha value is -2.26. The fourth-order valence-electron chi connectivity index (χ4n) is 4.71. The molecular formula is C26H36N4O3S. The number of amides is 1. The number of carbonyl (C=O) groups is 1. The van der Waals surface area contributed by atoms with Gasteiger partial charge in [-0.15, -0.1) is 0 Å². The van der Waals surface area contributed by atoms with E-state index in [9.17, 15) is 13.2 Å². The number of nitrogens with zero attached hydrogens (tertiary/aromatic N) is 3. The first-order valence-corrected chi connectivity index (χ1v) is 13.8. The van der Waals surface area contributed by atoms with Gasteiger partial charge in [0.15, 0.2) is 0 Å². The zero-order valence-corrected chi connectivity index (χ0v) is 20.8. The Morgan fingerprint density at radius 2 is 1.53 bits per heavy atom. The first-order chi connectivity index (χ1) is 16.4. The molecule has 184 valence electrons. The summed E-state index contributed by atoms with van der Waals surface area (Å²) in [5.41, 5.74) is 3.16. The highest BCUT2D eigenvalue weighted by Gasteiger charge is 2.31. The van der Waals surface area contributed by atoms with Gasteiger partial charge in [0.1, 0.15) is 0 Å². The number of benzene rings is 2. The van der Waals surface area contributed by atoms with Crippen LogP contribution in [0, 0.1) is 5.92 Å². The molecule has 1 amide bonds. The highest BCUT2D eigenvalue weighted by molar-refractivity contribution is 7.88. The summed E-state index contributed by atoms with van der Waals surface area (Å²) in [4.78, 5) is 17.6. The van der Waals surface area contributed by atoms with E-state index in [1.54, 1.807) is 0 Å². The summed E-state index contributed by atoms with van der Waals surface area (Å²) in [6.07, 6.45) is 1.12. The summed E-state index contributed by atoms with van der Waals surface area (Å²) >= 11 is 0. The topological polar surface area (TPSA) is 73.0 Å². The molecule has 0 radical (unpaired) electrons. The highest BCUT2D eigenvalue weighted by atomic mass is 32.2. The van der Waals surface area contributed by atoms with Crippen LogP contribution >= 0.6 is 0 Å². The van der Waals surface area contributed by atoms with Crippen molar-refractivity contribution < 1.29 is 13.2 Å². The predicted molar refractivity (Wildman–Crippen MR) is 134 cm³/mol. The monoisotopic (exact) mass is 484 g/mol. The van der Waals surface area contributed by atoms with Crippen LogP contribution in [0.1, 0.15) is 29.5 Å². The van der Waals surface area contributed by atoms with Crippen molar-refractivity contribution in [3.8, 4) is 0 Å². The Morgan fingerprint density at radius 3 is 2.24 bits per heavy atom. The number of rotatable bonds is 8. The molecule has 8 heteroatoms. The Balaban J connectivity index is 1.23. The summed E-state index contributed by atoms with van der Waals surface area (Å²) in [5.74, 6) is -0.115. The lowest BCUT2D eigenvalue weighted by molar-refractivity contribution is -0.126. The van der Waals surface area contributed by atoms with E-state index >= 15 is 0 Å². The molecule has 4 rings (SSSR count). The van der Waals surface area contributed by atoms with Gasteiger partial charge < -0.3 is 10.2 Å². The molecule has 0 spiro atoms. The summed E-state index contributed by atoms with van der Waals surface area (Å²) in [7, 11) is -1.21. The maximum Gasteiger partial charge on any atom is 0.223 e. The van der Waals surface area contributed by atoms with E-state index in [4.69, 9.17) is 0 Å². The molecule has 2 heterocycles. The van der Waals surface area contributed by atoms with E-state index in [1.807, 2.05) is 36.4 Å². The van der Waals surface area contributed by atoms with Crippen molar-refractivity contribution in [3.63, 3.8) is 0 Å². The molecule has 0 atom stereocenters. The maximum absolute atomic E-state index is 12.8. The van der Waals surface area contributed by atoms with Crippen LogP contribution in [0.25, 0.3) is 0 Å². The molecule has 2 aliphatic rings. The SMILES string of the molecule is CN1CCN(Cc2cccc(CNC(=O)C3CCN(S(=O)(=O)Cc4ccccc4)CC3)c2)CC1. The maximum atomic E-state index is 12.8. The molecule has 0 saturated carbocycles. The quantitative estimate of drug-likeness (QED) is 0.623. The zero-order chi connectivity index (χ0) is 24.0. The standard InChI is InChI=1S/C26H36N4O3S/c1-28-14-16-29(17-15-28)20-24-9-5-8-23(18-24)19-27-26(31)25-10-12-30(13-11-25)34(32,33)21-22-6-3-2-4-7-22/h2-9,18,25H,10-17,19-21H2,1H3,(H,27,31). The van der Waals surface area contributed by atoms with Crippen LogP contribution in [0.5, 0.6) is 0 Å². The summed E-state index contributed by atoms with van der Waals surface area (Å²) < 4.78 is 27.0. The third-order valence-electron chi connectivity index (χ3n) is 6.87. The van der Waals surface area contributed by atoms with Crippen molar-refractivity contribution in [3.05, 3.63) is 71.3 Å². The van der Waals surface area contributed by atoms with E-state index < -0.39 is 10.0 Å². The summed E-state index contributed by atoms with van der Waals surface area (Å²) in [6.45, 7) is 6.59. The highest BCUT2D eigenvalue weighted by Crippen LogP contribution is 2.22. The largest absolute Gasteiger partial charge is 0.352 e. The average molecular weight is 485 g/mol. The van der Waals surface area contributed by atoms with Gasteiger partial charge >= 0.3 is 0 Å². The van der Waals surface area contributed by atoms with Gasteiger partial charge in [0, 0.05) is 58.3 Å². The van der Waals surface area contributed by atoms with Crippen LogP contribution in [0.3, 0.4) is 0 Å². The molecule has 2 aromatic rings. The molecule has 0 bridgehead atoms. The Bertz CT molecular complexity index is 1040. The van der Waals surface area contributed by atoms with Gasteiger partial charge in [0.25, 0.3) is 0 Å². The minimum Gasteiger partial charge on any atom is -0.352 e. The molecule has 0 unspecified atom stereocenters. The van der Waals surface area contributed by atoms with Gasteiger partial charge in [-0.2, -0.15) is 0 Å². The lowest BCUT2D eigenvalue weighted by Crippen LogP contribution is -2.43. The minimum absolute atomic E-state index is 0.00910. The molecular weight excluding hydrogens is 448 g/mol. The first-order valence-electron chi connectivity index (χ1n) is 12.2. The van der Waals surface area contributed by atoms with Crippen LogP contribution in [0.15, 0.2) is 54.6 Å². The predicted octanol–water partition coefficient (Wildman–Crippen LogP) is 2.29. The van der Waals surface area contributed by atoms with Crippen LogP contribution in [-0.4, -0.2) is 74.7 Å². The molecule has 0 aliphatic carbocycles. The molecule has 2 saturated heterocycles. The number of likely N-dealkylation sites (N-methyl/N-ethyl adjacent to an activating group) is 1. The van der Waals surface area contributed by atoms with Crippen LogP contribution in [-0.2, 0) is 33.7 Å². The second-order valence-electron chi connectivity index (χ2n) is 9.53. The van der Waals surface area contributed by atoms with Crippen molar-refractivity contribution in [1.29, 1.82) is 0 Å². The van der Waals surface area contributed by atoms with Crippen LogP contribution in [0.2, 0.25) is 0 Å². The second-order valence-corrected chi connectivity index (χ2v) is 11.5. The Morgan fingerprint density at radius 1 is 0.882 bits per heavy atom. The molecule has 0 aromatic heterocycles. The lowest BCUT2D eigenvalue weighted by atomic mass is 9.97. The van der Waals surface area contributed by atoms with Gasteiger partial charge in [0.05, 0.1) is 5.75 Å². The van der Waals surface area contributed by atoms with Gasteiger partial charge in [0.2, 0.25) is 15.9 Å². The van der Waals surface area contributed by atoms with Gasteiger partial charge in [-0.1, -0.05) is 54.6 Å². The van der Waals surface area contributed by atoms with Crippen molar-refractivity contribution in [2.45, 2.75) is 31.7 Å². The number of carbonyl (C=O) groups excluding carboxylic acids is 1. The van der Waals surface area contributed by atoms with E-state index in [0.717, 1.165) is 43.9 Å². The number of sulfonamides is 1. The third-order valence-corrected chi connectivity index (χ3v) is 8.72. The normalized spacial score (nSPS) is 19.2. The first kappa shape index (κ1) is 24.9. The molecule has 2 aromatic carbocycles. The smallest absolute Gasteiger partial charge is 0.223 e. The molecule has 1 N–H and O–H groups in total. The average Bonchev–Trinajstić information content (AvgIpc) is 2.85. The number of piperazine rings is 1. The molecule has 2 aliphatic heterocycles. The number of nitrogens with one attached hydrogen (secondary N) is 1. The van der Waals surface area contributed by atoms with Crippen molar-refractivity contribution in [1.82, 2.24) is 19.4 Å². The summed E-state index contributed by atoms with van der Waals surface area (Å²) in [6, 6.07) is 17.7. The Kier molecular flexibility index (Phi) is 8.37. The second kappa shape index (κ2) is 11.4. The number of hydrogen-bond acceptors (Lipinski definition) is 5. The van der Waals surface area contributed by atoms with E-state index in [0.29, 0.717) is 32.5 Å². The van der Waals surface area contributed by atoms with Crippen molar-refractivity contribution in [2.24, 2.45) is 5.92 Å². The third kappa shape index (κ3) is 6.88. The molecule has 2 fully saturated rings. The van der Waals surface area contributed by atoms with Crippen molar-refractivity contribution >= 4 is 15.9 Å². The summed E-state index contributed by atoms with van der Waals surface area (Å²) in [5, 5.41) is 3.07. The van der Waals surface area contributed by atoms with Gasteiger partial charge in [-0.3, -0.25) is 9.69 Å². The fraction of sp³-hybridized carbons (Fsp3) is 0.500. The minimum atomic E-state index is -3.37. The zero-order valence-electron chi connectivity index (χ0n) is 20.0. The van der Waals surface area contributed by atoms with Gasteiger partial charge in [-0.25, -0.2) is 12.7 Å². The molecule has 7 nitrogen and oxygen atoms in total.